The molecule has 1 amide bonds. The Kier molecular flexibility index (Phi) is 6.28. The van der Waals surface area contributed by atoms with Gasteiger partial charge < -0.3 is 0 Å². The Morgan fingerprint density at radius 3 is 2.55 bits per heavy atom. The van der Waals surface area contributed by atoms with Crippen LogP contribution < -0.4 is 5.32 Å². The number of ketones is 1. The van der Waals surface area contributed by atoms with Gasteiger partial charge in [0.1, 0.15) is 5.82 Å². The number of benzene rings is 2. The summed E-state index contributed by atoms with van der Waals surface area (Å²) in [4.78, 5) is 24.2. The van der Waals surface area contributed by atoms with Crippen LogP contribution in [0.2, 0.25) is 0 Å². The number of thioether (sulfide) groups is 1. The molecule has 0 atom stereocenters. The molecule has 150 valence electrons. The average molecular weight is 441 g/mol. The lowest BCUT2D eigenvalue weighted by Gasteiger charge is -2.07. The minimum absolute atomic E-state index is 0.0649. The van der Waals surface area contributed by atoms with Gasteiger partial charge in [-0.2, -0.15) is 13.2 Å². The van der Waals surface area contributed by atoms with Crippen LogP contribution >= 0.6 is 23.1 Å². The summed E-state index contributed by atoms with van der Waals surface area (Å²) in [5.41, 5.74) is -1.12. The van der Waals surface area contributed by atoms with Crippen molar-refractivity contribution in [3.05, 3.63) is 71.0 Å². The lowest BCUT2D eigenvalue weighted by atomic mass is 10.1. The van der Waals surface area contributed by atoms with Crippen LogP contribution in [0, 0.1) is 5.82 Å². The zero-order valence-corrected chi connectivity index (χ0v) is 16.0. The zero-order valence-electron chi connectivity index (χ0n) is 14.4. The van der Waals surface area contributed by atoms with Gasteiger partial charge in [-0.3, -0.25) is 14.9 Å². The molecule has 0 aliphatic rings. The van der Waals surface area contributed by atoms with Gasteiger partial charge in [0.25, 0.3) is 5.91 Å². The number of nitrogens with zero attached hydrogens (tertiary/aromatic N) is 2. The molecule has 0 aliphatic carbocycles. The molecule has 0 fully saturated rings. The maximum atomic E-state index is 13.6. The molecule has 1 heterocycles. The van der Waals surface area contributed by atoms with Crippen molar-refractivity contribution in [2.45, 2.75) is 10.5 Å². The van der Waals surface area contributed by atoms with E-state index >= 15 is 0 Å². The lowest BCUT2D eigenvalue weighted by Crippen LogP contribution is -2.13. The molecule has 0 bridgehead atoms. The first-order chi connectivity index (χ1) is 13.7. The number of rotatable bonds is 6. The van der Waals surface area contributed by atoms with Gasteiger partial charge >= 0.3 is 6.18 Å². The molecule has 0 aliphatic heterocycles. The number of hydrogen-bond acceptors (Lipinski definition) is 6. The Morgan fingerprint density at radius 1 is 1.07 bits per heavy atom. The molecule has 3 aromatic rings. The SMILES string of the molecule is O=C(CSc1nnc(NC(=O)c2ccccc2F)s1)c1cccc(C(F)(F)F)c1. The Labute approximate surface area is 170 Å². The standard InChI is InChI=1S/C18H11F4N3O2S2/c19-13-7-2-1-6-12(13)15(27)23-16-24-25-17(29-16)28-9-14(26)10-4-3-5-11(8-10)18(20,21)22/h1-8H,9H2,(H,23,24,27). The summed E-state index contributed by atoms with van der Waals surface area (Å²) in [5, 5.41) is 10.0. The van der Waals surface area contributed by atoms with E-state index in [-0.39, 0.29) is 22.0 Å². The van der Waals surface area contributed by atoms with E-state index in [9.17, 15) is 27.2 Å². The second-order valence-corrected chi connectivity index (χ2v) is 7.80. The fourth-order valence-electron chi connectivity index (χ4n) is 2.21. The third-order valence-electron chi connectivity index (χ3n) is 3.58. The van der Waals surface area contributed by atoms with Crippen LogP contribution in [0.4, 0.5) is 22.7 Å². The van der Waals surface area contributed by atoms with Crippen molar-refractivity contribution in [3.63, 3.8) is 0 Å². The molecule has 1 N–H and O–H groups in total. The molecule has 11 heteroatoms. The fourth-order valence-corrected chi connectivity index (χ4v) is 3.85. The second-order valence-electron chi connectivity index (χ2n) is 5.60. The fraction of sp³-hybridized carbons (Fsp3) is 0.111. The van der Waals surface area contributed by atoms with Gasteiger partial charge in [-0.15, -0.1) is 10.2 Å². The first-order valence-corrected chi connectivity index (χ1v) is 9.77. The number of nitrogens with one attached hydrogen (secondary N) is 1. The predicted octanol–water partition coefficient (Wildman–Crippen LogP) is 4.92. The first kappa shape index (κ1) is 20.9. The van der Waals surface area contributed by atoms with Gasteiger partial charge in [-0.1, -0.05) is 47.4 Å². The molecule has 29 heavy (non-hydrogen) atoms. The lowest BCUT2D eigenvalue weighted by molar-refractivity contribution is -0.137. The van der Waals surface area contributed by atoms with Crippen LogP contribution in [-0.4, -0.2) is 27.6 Å². The number of carbonyl (C=O) groups is 2. The molecule has 0 radical (unpaired) electrons. The van der Waals surface area contributed by atoms with Gasteiger partial charge in [0.05, 0.1) is 16.9 Å². The van der Waals surface area contributed by atoms with E-state index in [0.29, 0.717) is 4.34 Å². The largest absolute Gasteiger partial charge is 0.416 e. The Hall–Kier alpha value is -2.79. The number of hydrogen-bond donors (Lipinski definition) is 1. The summed E-state index contributed by atoms with van der Waals surface area (Å²) in [6.45, 7) is 0. The normalized spacial score (nSPS) is 11.3. The van der Waals surface area contributed by atoms with E-state index in [0.717, 1.165) is 41.3 Å². The molecule has 3 rings (SSSR count). The second kappa shape index (κ2) is 8.70. The molecule has 1 aromatic heterocycles. The van der Waals surface area contributed by atoms with E-state index in [1.165, 1.54) is 30.3 Å². The molecular formula is C18H11F4N3O2S2. The zero-order chi connectivity index (χ0) is 21.0. The van der Waals surface area contributed by atoms with Crippen molar-refractivity contribution in [2.75, 3.05) is 11.1 Å². The van der Waals surface area contributed by atoms with E-state index in [1.807, 2.05) is 0 Å². The topological polar surface area (TPSA) is 72.0 Å². The third kappa shape index (κ3) is 5.39. The van der Waals surface area contributed by atoms with Crippen molar-refractivity contribution < 1.29 is 27.2 Å². The maximum Gasteiger partial charge on any atom is 0.416 e. The molecule has 5 nitrogen and oxygen atoms in total. The molecule has 0 spiro atoms. The number of halogens is 4. The third-order valence-corrected chi connectivity index (χ3v) is 5.56. The number of aromatic nitrogens is 2. The highest BCUT2D eigenvalue weighted by Gasteiger charge is 2.30. The highest BCUT2D eigenvalue weighted by Crippen LogP contribution is 2.30. The van der Waals surface area contributed by atoms with Crippen LogP contribution in [-0.2, 0) is 6.18 Å². The van der Waals surface area contributed by atoms with Crippen LogP contribution in [0.5, 0.6) is 0 Å². The first-order valence-electron chi connectivity index (χ1n) is 7.96. The van der Waals surface area contributed by atoms with E-state index in [2.05, 4.69) is 15.5 Å². The summed E-state index contributed by atoms with van der Waals surface area (Å²) in [7, 11) is 0. The van der Waals surface area contributed by atoms with Crippen molar-refractivity contribution in [3.8, 4) is 0 Å². The summed E-state index contributed by atoms with van der Waals surface area (Å²) in [6.07, 6.45) is -4.53. The summed E-state index contributed by atoms with van der Waals surface area (Å²) < 4.78 is 52.2. The number of anilines is 1. The van der Waals surface area contributed by atoms with Crippen molar-refractivity contribution in [1.29, 1.82) is 0 Å². The molecule has 0 saturated carbocycles. The Bertz CT molecular complexity index is 1050. The number of amides is 1. The van der Waals surface area contributed by atoms with Crippen molar-refractivity contribution >= 4 is 39.9 Å². The quantitative estimate of drug-likeness (QED) is 0.254. The minimum Gasteiger partial charge on any atom is -0.296 e. The highest BCUT2D eigenvalue weighted by molar-refractivity contribution is 8.01. The van der Waals surface area contributed by atoms with Gasteiger partial charge in [0.2, 0.25) is 5.13 Å². The molecule has 2 aromatic carbocycles. The van der Waals surface area contributed by atoms with Gasteiger partial charge in [0, 0.05) is 5.56 Å². The van der Waals surface area contributed by atoms with Crippen LogP contribution in [0.25, 0.3) is 0 Å². The number of alkyl halides is 3. The summed E-state index contributed by atoms with van der Waals surface area (Å²) >= 11 is 1.93. The number of carbonyl (C=O) groups excluding carboxylic acids is 2. The molecule has 0 saturated heterocycles. The number of Topliss-reactive ketones (excluding diaryl/α,β-unsaturated/α-hetero) is 1. The Balaban J connectivity index is 1.60. The molecular weight excluding hydrogens is 430 g/mol. The van der Waals surface area contributed by atoms with Gasteiger partial charge in [-0.25, -0.2) is 4.39 Å². The van der Waals surface area contributed by atoms with Crippen LogP contribution in [0.3, 0.4) is 0 Å². The van der Waals surface area contributed by atoms with E-state index < -0.39 is 29.2 Å². The highest BCUT2D eigenvalue weighted by atomic mass is 32.2. The van der Waals surface area contributed by atoms with Crippen LogP contribution in [0.15, 0.2) is 52.9 Å². The average Bonchev–Trinajstić information content (AvgIpc) is 3.13. The Morgan fingerprint density at radius 2 is 1.83 bits per heavy atom. The summed E-state index contributed by atoms with van der Waals surface area (Å²) in [5.74, 6) is -2.04. The predicted molar refractivity (Wildman–Crippen MR) is 101 cm³/mol. The van der Waals surface area contributed by atoms with Crippen molar-refractivity contribution in [2.24, 2.45) is 0 Å². The van der Waals surface area contributed by atoms with Crippen LogP contribution in [0.1, 0.15) is 26.3 Å². The van der Waals surface area contributed by atoms with E-state index in [4.69, 9.17) is 0 Å². The molecule has 0 unspecified atom stereocenters. The van der Waals surface area contributed by atoms with Crippen molar-refractivity contribution in [1.82, 2.24) is 10.2 Å². The monoisotopic (exact) mass is 441 g/mol. The van der Waals surface area contributed by atoms with E-state index in [1.54, 1.807) is 0 Å². The van der Waals surface area contributed by atoms with Gasteiger partial charge in [-0.05, 0) is 24.3 Å². The smallest absolute Gasteiger partial charge is 0.296 e. The minimum atomic E-state index is -4.53. The van der Waals surface area contributed by atoms with Gasteiger partial charge in [0.15, 0.2) is 10.1 Å². The maximum absolute atomic E-state index is 13.6. The summed E-state index contributed by atoms with van der Waals surface area (Å²) in [6, 6.07) is 9.58.